The molecule has 1 atom stereocenters. The number of carbonyl (C=O) groups excluding carboxylic acids is 1. The number of hydrogen-bond donors (Lipinski definition) is 1. The number of rotatable bonds is 7. The molecule has 0 radical (unpaired) electrons. The molecule has 0 aliphatic rings. The largest absolute Gasteiger partial charge is 0.490 e. The molecule has 0 aliphatic heterocycles. The van der Waals surface area contributed by atoms with Crippen LogP contribution in [0, 0.1) is 10.1 Å². The summed E-state index contributed by atoms with van der Waals surface area (Å²) >= 11 is 0. The van der Waals surface area contributed by atoms with Crippen molar-refractivity contribution in [3.8, 4) is 11.5 Å². The van der Waals surface area contributed by atoms with Gasteiger partial charge in [-0.05, 0) is 36.8 Å². The predicted molar refractivity (Wildman–Crippen MR) is 88.6 cm³/mol. The summed E-state index contributed by atoms with van der Waals surface area (Å²) in [6.45, 7) is -1.22. The first-order chi connectivity index (χ1) is 12.3. The maximum atomic E-state index is 12.3. The molecule has 0 saturated heterocycles. The second kappa shape index (κ2) is 8.24. The van der Waals surface area contributed by atoms with Crippen molar-refractivity contribution >= 4 is 11.6 Å². The molecule has 0 heterocycles. The van der Waals surface area contributed by atoms with E-state index < -0.39 is 23.5 Å². The third-order valence-electron chi connectivity index (χ3n) is 3.59. The van der Waals surface area contributed by atoms with E-state index >= 15 is 0 Å². The number of nitrogens with zero attached hydrogens (tertiary/aromatic N) is 1. The number of alkyl halides is 2. The first kappa shape index (κ1) is 19.1. The molecule has 1 N–H and O–H groups in total. The van der Waals surface area contributed by atoms with Crippen LogP contribution in [-0.2, 0) is 0 Å². The molecule has 0 spiro atoms. The quantitative estimate of drug-likeness (QED) is 0.596. The standard InChI is InChI=1S/C17H16F2N2O5/c1-10(11-3-6-13(7-4-11)26-17(18)19)20-16(22)12-5-8-15(25-2)14(9-12)21(23)24/h3-10,17H,1-2H3,(H,20,22). The average molecular weight is 366 g/mol. The van der Waals surface area contributed by atoms with Gasteiger partial charge in [-0.1, -0.05) is 12.1 Å². The predicted octanol–water partition coefficient (Wildman–Crippen LogP) is 3.70. The van der Waals surface area contributed by atoms with E-state index in [1.807, 2.05) is 0 Å². The number of benzene rings is 2. The van der Waals surface area contributed by atoms with Crippen molar-refractivity contribution in [2.24, 2.45) is 0 Å². The summed E-state index contributed by atoms with van der Waals surface area (Å²) in [7, 11) is 1.30. The molecule has 0 saturated carbocycles. The van der Waals surface area contributed by atoms with Crippen molar-refractivity contribution in [1.29, 1.82) is 0 Å². The zero-order valence-electron chi connectivity index (χ0n) is 13.9. The summed E-state index contributed by atoms with van der Waals surface area (Å²) in [5, 5.41) is 13.7. The fraction of sp³-hybridized carbons (Fsp3) is 0.235. The topological polar surface area (TPSA) is 90.7 Å². The Balaban J connectivity index is 2.11. The third kappa shape index (κ3) is 4.65. The number of amides is 1. The molecule has 2 rings (SSSR count). The normalized spacial score (nSPS) is 11.7. The van der Waals surface area contributed by atoms with Crippen molar-refractivity contribution in [3.63, 3.8) is 0 Å². The number of nitro groups is 1. The highest BCUT2D eigenvalue weighted by Gasteiger charge is 2.19. The number of halogens is 2. The number of methoxy groups -OCH3 is 1. The molecule has 26 heavy (non-hydrogen) atoms. The van der Waals surface area contributed by atoms with Gasteiger partial charge in [0.15, 0.2) is 5.75 Å². The van der Waals surface area contributed by atoms with Gasteiger partial charge in [0.1, 0.15) is 5.75 Å². The van der Waals surface area contributed by atoms with Crippen LogP contribution in [-0.4, -0.2) is 24.6 Å². The zero-order chi connectivity index (χ0) is 19.3. The zero-order valence-corrected chi connectivity index (χ0v) is 13.9. The van der Waals surface area contributed by atoms with Crippen molar-refractivity contribution in [1.82, 2.24) is 5.32 Å². The molecule has 2 aromatic carbocycles. The highest BCUT2D eigenvalue weighted by Crippen LogP contribution is 2.28. The number of ether oxygens (including phenoxy) is 2. The number of carbonyl (C=O) groups is 1. The fourth-order valence-electron chi connectivity index (χ4n) is 2.28. The lowest BCUT2D eigenvalue weighted by molar-refractivity contribution is -0.385. The molecule has 0 fully saturated rings. The van der Waals surface area contributed by atoms with Crippen LogP contribution >= 0.6 is 0 Å². The minimum atomic E-state index is -2.91. The summed E-state index contributed by atoms with van der Waals surface area (Å²) in [6.07, 6.45) is 0. The Morgan fingerprint density at radius 2 is 1.85 bits per heavy atom. The van der Waals surface area contributed by atoms with Crippen LogP contribution in [0.15, 0.2) is 42.5 Å². The van der Waals surface area contributed by atoms with Crippen molar-refractivity contribution in [2.45, 2.75) is 19.6 Å². The van der Waals surface area contributed by atoms with Gasteiger partial charge in [0.2, 0.25) is 0 Å². The van der Waals surface area contributed by atoms with Crippen LogP contribution in [0.3, 0.4) is 0 Å². The van der Waals surface area contributed by atoms with Gasteiger partial charge < -0.3 is 14.8 Å². The second-order valence-electron chi connectivity index (χ2n) is 5.29. The maximum Gasteiger partial charge on any atom is 0.387 e. The van der Waals surface area contributed by atoms with Crippen LogP contribution in [0.2, 0.25) is 0 Å². The Morgan fingerprint density at radius 3 is 2.38 bits per heavy atom. The molecule has 138 valence electrons. The Morgan fingerprint density at radius 1 is 1.19 bits per heavy atom. The van der Waals surface area contributed by atoms with Gasteiger partial charge in [0.05, 0.1) is 18.1 Å². The lowest BCUT2D eigenvalue weighted by Crippen LogP contribution is -2.26. The average Bonchev–Trinajstić information content (AvgIpc) is 2.61. The monoisotopic (exact) mass is 366 g/mol. The molecule has 1 unspecified atom stereocenters. The van der Waals surface area contributed by atoms with Gasteiger partial charge in [-0.3, -0.25) is 14.9 Å². The summed E-state index contributed by atoms with van der Waals surface area (Å²) in [5.74, 6) is -0.460. The lowest BCUT2D eigenvalue weighted by atomic mass is 10.1. The van der Waals surface area contributed by atoms with Crippen molar-refractivity contribution in [2.75, 3.05) is 7.11 Å². The molecule has 2 aromatic rings. The molecule has 7 nitrogen and oxygen atoms in total. The summed E-state index contributed by atoms with van der Waals surface area (Å²) in [4.78, 5) is 22.7. The van der Waals surface area contributed by atoms with E-state index in [2.05, 4.69) is 10.1 Å². The lowest BCUT2D eigenvalue weighted by Gasteiger charge is -2.15. The highest BCUT2D eigenvalue weighted by molar-refractivity contribution is 5.95. The molecule has 1 amide bonds. The van der Waals surface area contributed by atoms with Crippen LogP contribution in [0.4, 0.5) is 14.5 Å². The number of nitrogens with one attached hydrogen (secondary N) is 1. The van der Waals surface area contributed by atoms with E-state index in [1.54, 1.807) is 19.1 Å². The molecule has 0 aromatic heterocycles. The van der Waals surface area contributed by atoms with Gasteiger partial charge in [-0.2, -0.15) is 8.78 Å². The first-order valence-electron chi connectivity index (χ1n) is 7.50. The van der Waals surface area contributed by atoms with Gasteiger partial charge in [0, 0.05) is 11.6 Å². The number of nitro benzene ring substituents is 1. The molecule has 0 bridgehead atoms. The van der Waals surface area contributed by atoms with Crippen LogP contribution in [0.25, 0.3) is 0 Å². The van der Waals surface area contributed by atoms with Crippen molar-refractivity contribution in [3.05, 3.63) is 63.7 Å². The Hall–Kier alpha value is -3.23. The summed E-state index contributed by atoms with van der Waals surface area (Å²) in [5.41, 5.74) is 0.436. The first-order valence-corrected chi connectivity index (χ1v) is 7.50. The van der Waals surface area contributed by atoms with E-state index in [0.717, 1.165) is 6.07 Å². The third-order valence-corrected chi connectivity index (χ3v) is 3.59. The second-order valence-corrected chi connectivity index (χ2v) is 5.29. The van der Waals surface area contributed by atoms with Crippen LogP contribution in [0.1, 0.15) is 28.9 Å². The highest BCUT2D eigenvalue weighted by atomic mass is 19.3. The Bertz CT molecular complexity index is 796. The van der Waals surface area contributed by atoms with E-state index in [4.69, 9.17) is 4.74 Å². The van der Waals surface area contributed by atoms with E-state index in [-0.39, 0.29) is 22.7 Å². The summed E-state index contributed by atoms with van der Waals surface area (Å²) < 4.78 is 33.4. The Kier molecular flexibility index (Phi) is 6.05. The van der Waals surface area contributed by atoms with E-state index in [0.29, 0.717) is 5.56 Å². The van der Waals surface area contributed by atoms with Crippen molar-refractivity contribution < 1.29 is 28.0 Å². The van der Waals surface area contributed by atoms with Gasteiger partial charge >= 0.3 is 12.3 Å². The molecular formula is C17H16F2N2O5. The van der Waals surface area contributed by atoms with Gasteiger partial charge in [-0.25, -0.2) is 0 Å². The van der Waals surface area contributed by atoms with E-state index in [1.165, 1.54) is 31.4 Å². The van der Waals surface area contributed by atoms with E-state index in [9.17, 15) is 23.7 Å². The fourth-order valence-corrected chi connectivity index (χ4v) is 2.28. The minimum Gasteiger partial charge on any atom is -0.490 e. The molecular weight excluding hydrogens is 350 g/mol. The minimum absolute atomic E-state index is 0.00746. The maximum absolute atomic E-state index is 12.3. The summed E-state index contributed by atoms with van der Waals surface area (Å²) in [6, 6.07) is 9.23. The number of hydrogen-bond acceptors (Lipinski definition) is 5. The SMILES string of the molecule is COc1ccc(C(=O)NC(C)c2ccc(OC(F)F)cc2)cc1[N+](=O)[O-]. The van der Waals surface area contributed by atoms with Crippen LogP contribution in [0.5, 0.6) is 11.5 Å². The smallest absolute Gasteiger partial charge is 0.387 e. The Labute approximate surface area is 147 Å². The van der Waals surface area contributed by atoms with Gasteiger partial charge in [0.25, 0.3) is 5.91 Å². The van der Waals surface area contributed by atoms with Gasteiger partial charge in [-0.15, -0.1) is 0 Å². The molecule has 0 aliphatic carbocycles. The molecule has 9 heteroatoms. The van der Waals surface area contributed by atoms with Crippen LogP contribution < -0.4 is 14.8 Å².